The molecule has 2 N–H and O–H groups in total. The zero-order valence-corrected chi connectivity index (χ0v) is 18.9. The second kappa shape index (κ2) is 7.61. The Labute approximate surface area is 186 Å². The number of piperidine rings is 1. The summed E-state index contributed by atoms with van der Waals surface area (Å²) in [7, 11) is 0. The zero-order valence-electron chi connectivity index (χ0n) is 17.3. The van der Waals surface area contributed by atoms with Crippen molar-refractivity contribution in [1.29, 1.82) is 0 Å². The van der Waals surface area contributed by atoms with Crippen LogP contribution in [0.2, 0.25) is 0 Å². The molecule has 2 aliphatic rings. The average molecular weight is 467 g/mol. The highest BCUT2D eigenvalue weighted by atomic mass is 32.1. The van der Waals surface area contributed by atoms with Gasteiger partial charge in [-0.25, -0.2) is 9.97 Å². The summed E-state index contributed by atoms with van der Waals surface area (Å²) in [5.41, 5.74) is -0.930. The van der Waals surface area contributed by atoms with E-state index >= 15 is 0 Å². The molecule has 2 aromatic heterocycles. The lowest BCUT2D eigenvalue weighted by Gasteiger charge is -2.42. The van der Waals surface area contributed by atoms with Crippen LogP contribution < -0.4 is 15.0 Å². The first-order valence-electron chi connectivity index (χ1n) is 10.3. The molecular weight excluding hydrogens is 442 g/mol. The van der Waals surface area contributed by atoms with Crippen LogP contribution in [0.25, 0.3) is 20.8 Å². The molecule has 0 spiro atoms. The topological polar surface area (TPSA) is 70.5 Å². The summed E-state index contributed by atoms with van der Waals surface area (Å²) in [6.07, 6.45) is 1.46. The number of aromatic nitrogens is 2. The number of benzene rings is 1. The number of halogens is 2. The maximum Gasteiger partial charge on any atom is 0.426 e. The number of nitrogens with zero attached hydrogens (tertiary/aromatic N) is 3. The number of fused-ring (bicyclic) bond motifs is 3. The van der Waals surface area contributed by atoms with E-state index in [0.29, 0.717) is 22.3 Å². The number of ether oxygens (including phenoxy) is 1. The lowest BCUT2D eigenvalue weighted by atomic mass is 9.94. The first-order valence-corrected chi connectivity index (χ1v) is 12.0. The van der Waals surface area contributed by atoms with Crippen molar-refractivity contribution in [2.45, 2.75) is 56.9 Å². The van der Waals surface area contributed by atoms with E-state index < -0.39 is 11.7 Å². The smallest absolute Gasteiger partial charge is 0.426 e. The van der Waals surface area contributed by atoms with Gasteiger partial charge in [-0.2, -0.15) is 8.78 Å². The zero-order chi connectivity index (χ0) is 21.8. The van der Waals surface area contributed by atoms with Crippen molar-refractivity contribution in [1.82, 2.24) is 15.3 Å². The number of aliphatic hydroxyl groups is 1. The monoisotopic (exact) mass is 466 g/mol. The van der Waals surface area contributed by atoms with Crippen molar-refractivity contribution in [3.63, 3.8) is 0 Å². The summed E-state index contributed by atoms with van der Waals surface area (Å²) in [6, 6.07) is 4.08. The lowest BCUT2D eigenvalue weighted by molar-refractivity contribution is -0.275. The number of rotatable bonds is 5. The molecule has 10 heteroatoms. The van der Waals surface area contributed by atoms with Crippen LogP contribution in [0.1, 0.15) is 33.1 Å². The molecular formula is C21H24F2N4O2S2. The third kappa shape index (κ3) is 3.90. The molecule has 2 atom stereocenters. The van der Waals surface area contributed by atoms with Crippen molar-refractivity contribution >= 4 is 38.0 Å². The average Bonchev–Trinajstić information content (AvgIpc) is 3.37. The van der Waals surface area contributed by atoms with Crippen LogP contribution >= 0.6 is 22.7 Å². The van der Waals surface area contributed by atoms with E-state index in [1.807, 2.05) is 5.38 Å². The highest BCUT2D eigenvalue weighted by Gasteiger charge is 2.49. The number of hydrogen-bond donors (Lipinski definition) is 2. The van der Waals surface area contributed by atoms with Gasteiger partial charge in [-0.05, 0) is 38.8 Å². The number of thiazole rings is 2. The molecule has 31 heavy (non-hydrogen) atoms. The summed E-state index contributed by atoms with van der Waals surface area (Å²) in [5, 5.41) is 17.0. The first-order chi connectivity index (χ1) is 14.7. The molecule has 2 aliphatic heterocycles. The molecule has 0 radical (unpaired) electrons. The molecule has 2 unspecified atom stereocenters. The lowest BCUT2D eigenvalue weighted by Crippen LogP contribution is -2.58. The molecule has 6 nitrogen and oxygen atoms in total. The van der Waals surface area contributed by atoms with E-state index in [2.05, 4.69) is 15.2 Å². The molecule has 3 aromatic rings. The Balaban J connectivity index is 1.58. The summed E-state index contributed by atoms with van der Waals surface area (Å²) >= 11 is 2.83. The number of alkyl halides is 2. The molecule has 2 bridgehead atoms. The van der Waals surface area contributed by atoms with Gasteiger partial charge in [0.15, 0.2) is 10.7 Å². The third-order valence-electron chi connectivity index (χ3n) is 5.84. The normalized spacial score (nSPS) is 22.2. The van der Waals surface area contributed by atoms with Gasteiger partial charge >= 0.3 is 6.11 Å². The Morgan fingerprint density at radius 3 is 2.61 bits per heavy atom. The van der Waals surface area contributed by atoms with Gasteiger partial charge in [-0.1, -0.05) is 17.8 Å². The Morgan fingerprint density at radius 1 is 1.23 bits per heavy atom. The molecule has 2 saturated heterocycles. The quantitative estimate of drug-likeness (QED) is 0.577. The van der Waals surface area contributed by atoms with Crippen molar-refractivity contribution in [2.24, 2.45) is 0 Å². The number of hydrogen-bond acceptors (Lipinski definition) is 8. The third-order valence-corrected chi connectivity index (χ3v) is 7.78. The Hall–Kier alpha value is -1.88. The fraction of sp³-hybridized carbons (Fsp3) is 0.524. The minimum Gasteiger partial charge on any atom is -0.429 e. The van der Waals surface area contributed by atoms with E-state index in [-0.39, 0.29) is 5.75 Å². The van der Waals surface area contributed by atoms with Crippen LogP contribution in [0.15, 0.2) is 23.7 Å². The first kappa shape index (κ1) is 21.0. The van der Waals surface area contributed by atoms with E-state index in [9.17, 15) is 13.9 Å². The van der Waals surface area contributed by atoms with Crippen LogP contribution in [-0.2, 0) is 0 Å². The van der Waals surface area contributed by atoms with Crippen molar-refractivity contribution in [2.75, 3.05) is 18.0 Å². The van der Waals surface area contributed by atoms with Crippen molar-refractivity contribution in [3.05, 3.63) is 23.7 Å². The van der Waals surface area contributed by atoms with Gasteiger partial charge in [0.2, 0.25) is 0 Å². The second-order valence-corrected chi connectivity index (χ2v) is 10.6. The van der Waals surface area contributed by atoms with Gasteiger partial charge in [-0.15, -0.1) is 11.3 Å². The molecule has 5 rings (SSSR count). The van der Waals surface area contributed by atoms with E-state index in [0.717, 1.165) is 55.5 Å². The fourth-order valence-corrected chi connectivity index (χ4v) is 5.87. The minimum atomic E-state index is -3.75. The standard InChI is InChI=1S/C21H24F2N4O2S2/c1-20(2,28)21(22,23)29-15-7-6-14(18-24-8-9-30-18)16-17(15)31-19(26-16)27-10-12-4-3-5-13(11-27)25-12/h6-9,12-13,25,28H,3-5,10-11H2,1-2H3. The fourth-order valence-electron chi connectivity index (χ4n) is 4.14. The molecule has 0 saturated carbocycles. The van der Waals surface area contributed by atoms with E-state index in [4.69, 9.17) is 9.72 Å². The number of anilines is 1. The minimum absolute atomic E-state index is 0.0153. The SMILES string of the molecule is CC(C)(O)C(F)(F)Oc1ccc(-c2nccs2)c2nc(N3CC4CCCC(C3)N4)sc12. The van der Waals surface area contributed by atoms with Crippen LogP contribution in [0.3, 0.4) is 0 Å². The second-order valence-electron chi connectivity index (χ2n) is 8.70. The van der Waals surface area contributed by atoms with E-state index in [1.54, 1.807) is 12.3 Å². The Morgan fingerprint density at radius 2 is 1.97 bits per heavy atom. The van der Waals surface area contributed by atoms with Crippen molar-refractivity contribution in [3.8, 4) is 16.3 Å². The molecule has 1 aromatic carbocycles. The molecule has 4 heterocycles. The van der Waals surface area contributed by atoms with Crippen molar-refractivity contribution < 1.29 is 18.6 Å². The highest BCUT2D eigenvalue weighted by Crippen LogP contribution is 2.44. The molecule has 0 aliphatic carbocycles. The Kier molecular flexibility index (Phi) is 5.16. The summed E-state index contributed by atoms with van der Waals surface area (Å²) in [4.78, 5) is 11.5. The van der Waals surface area contributed by atoms with Crippen LogP contribution in [-0.4, -0.2) is 52.0 Å². The summed E-state index contributed by atoms with van der Waals surface area (Å²) in [6.45, 7) is 3.76. The maximum atomic E-state index is 14.5. The maximum absolute atomic E-state index is 14.5. The molecule has 2 fully saturated rings. The van der Waals surface area contributed by atoms with E-state index in [1.165, 1.54) is 35.2 Å². The number of nitrogens with one attached hydrogen (secondary N) is 1. The van der Waals surface area contributed by atoms with Gasteiger partial charge in [0.05, 0.1) is 10.2 Å². The van der Waals surface area contributed by atoms with Crippen LogP contribution in [0, 0.1) is 0 Å². The number of piperazine rings is 1. The van der Waals surface area contributed by atoms with Crippen LogP contribution in [0.4, 0.5) is 13.9 Å². The van der Waals surface area contributed by atoms with Crippen LogP contribution in [0.5, 0.6) is 5.75 Å². The summed E-state index contributed by atoms with van der Waals surface area (Å²) < 4.78 is 34.6. The predicted octanol–water partition coefficient (Wildman–Crippen LogP) is 4.49. The largest absolute Gasteiger partial charge is 0.429 e. The van der Waals surface area contributed by atoms with Gasteiger partial charge < -0.3 is 20.1 Å². The summed E-state index contributed by atoms with van der Waals surface area (Å²) in [5.74, 6) is 0.0153. The molecule has 166 valence electrons. The van der Waals surface area contributed by atoms with Gasteiger partial charge in [0, 0.05) is 42.3 Å². The Bertz CT molecular complexity index is 1070. The van der Waals surface area contributed by atoms with Gasteiger partial charge in [0.1, 0.15) is 10.8 Å². The van der Waals surface area contributed by atoms with Gasteiger partial charge in [0.25, 0.3) is 0 Å². The predicted molar refractivity (Wildman–Crippen MR) is 119 cm³/mol. The highest BCUT2D eigenvalue weighted by molar-refractivity contribution is 7.22. The van der Waals surface area contributed by atoms with Gasteiger partial charge in [-0.3, -0.25) is 0 Å². The molecule has 0 amide bonds.